The zero-order chi connectivity index (χ0) is 11.7. The van der Waals surface area contributed by atoms with Crippen LogP contribution >= 0.6 is 11.8 Å². The fourth-order valence-electron chi connectivity index (χ4n) is 2.31. The highest BCUT2D eigenvalue weighted by molar-refractivity contribution is 7.99. The van der Waals surface area contributed by atoms with Gasteiger partial charge in [-0.25, -0.2) is 0 Å². The van der Waals surface area contributed by atoms with Gasteiger partial charge in [-0.15, -0.1) is 10.2 Å². The molecule has 0 amide bonds. The minimum atomic E-state index is 0.296. The lowest BCUT2D eigenvalue weighted by atomic mass is 9.96. The smallest absolute Gasteiger partial charge is 0.195 e. The van der Waals surface area contributed by atoms with E-state index in [0.717, 1.165) is 17.2 Å². The highest BCUT2D eigenvalue weighted by atomic mass is 32.2. The molecular weight excluding hydrogens is 232 g/mol. The highest BCUT2D eigenvalue weighted by Gasteiger charge is 2.24. The molecule has 1 aliphatic carbocycles. The second-order valence-corrected chi connectivity index (χ2v) is 5.72. The van der Waals surface area contributed by atoms with Crippen molar-refractivity contribution in [3.63, 3.8) is 0 Å². The number of hydrogen-bond donors (Lipinski definition) is 1. The zero-order valence-corrected chi connectivity index (χ0v) is 10.4. The van der Waals surface area contributed by atoms with Gasteiger partial charge in [-0.1, -0.05) is 30.7 Å². The Morgan fingerprint density at radius 1 is 1.24 bits per heavy atom. The average molecular weight is 248 g/mol. The Kier molecular flexibility index (Phi) is 3.03. The van der Waals surface area contributed by atoms with Crippen LogP contribution in [0.15, 0.2) is 29.6 Å². The van der Waals surface area contributed by atoms with Crippen LogP contribution in [0.25, 0.3) is 5.65 Å². The van der Waals surface area contributed by atoms with Crippen molar-refractivity contribution in [2.75, 3.05) is 0 Å². The van der Waals surface area contributed by atoms with Gasteiger partial charge in [-0.05, 0) is 25.0 Å². The van der Waals surface area contributed by atoms with E-state index in [4.69, 9.17) is 5.73 Å². The lowest BCUT2D eigenvalue weighted by Crippen LogP contribution is -2.35. The van der Waals surface area contributed by atoms with Crippen LogP contribution in [0.1, 0.15) is 25.7 Å². The van der Waals surface area contributed by atoms with Gasteiger partial charge in [0.05, 0.1) is 0 Å². The molecule has 0 aromatic carbocycles. The third kappa shape index (κ3) is 2.17. The van der Waals surface area contributed by atoms with Crippen molar-refractivity contribution >= 4 is 17.4 Å². The Morgan fingerprint density at radius 3 is 3.00 bits per heavy atom. The van der Waals surface area contributed by atoms with Gasteiger partial charge in [0.2, 0.25) is 0 Å². The van der Waals surface area contributed by atoms with Crippen molar-refractivity contribution in [3.8, 4) is 0 Å². The Morgan fingerprint density at radius 2 is 2.12 bits per heavy atom. The molecule has 90 valence electrons. The predicted molar refractivity (Wildman–Crippen MR) is 69.1 cm³/mol. The summed E-state index contributed by atoms with van der Waals surface area (Å²) in [5.74, 6) is 0. The largest absolute Gasteiger partial charge is 0.327 e. The summed E-state index contributed by atoms with van der Waals surface area (Å²) in [5, 5.41) is 9.85. The molecule has 17 heavy (non-hydrogen) atoms. The first-order valence-corrected chi connectivity index (χ1v) is 6.94. The van der Waals surface area contributed by atoms with E-state index >= 15 is 0 Å². The van der Waals surface area contributed by atoms with Crippen LogP contribution in [0.5, 0.6) is 0 Å². The zero-order valence-electron chi connectivity index (χ0n) is 9.62. The molecule has 2 atom stereocenters. The highest BCUT2D eigenvalue weighted by Crippen LogP contribution is 2.32. The Balaban J connectivity index is 1.84. The van der Waals surface area contributed by atoms with Gasteiger partial charge in [0.25, 0.3) is 0 Å². The molecule has 0 bridgehead atoms. The number of nitrogens with zero attached hydrogens (tertiary/aromatic N) is 3. The van der Waals surface area contributed by atoms with Crippen LogP contribution in [0.2, 0.25) is 0 Å². The first-order valence-electron chi connectivity index (χ1n) is 6.06. The number of nitrogens with two attached hydrogens (primary N) is 1. The van der Waals surface area contributed by atoms with Crippen molar-refractivity contribution < 1.29 is 0 Å². The lowest BCUT2D eigenvalue weighted by molar-refractivity contribution is 0.452. The predicted octanol–water partition coefficient (Wildman–Crippen LogP) is 2.09. The third-order valence-electron chi connectivity index (χ3n) is 3.29. The number of rotatable bonds is 2. The Labute approximate surface area is 105 Å². The number of pyridine rings is 1. The summed E-state index contributed by atoms with van der Waals surface area (Å²) in [4.78, 5) is 0. The van der Waals surface area contributed by atoms with Crippen LogP contribution in [-0.4, -0.2) is 25.9 Å². The van der Waals surface area contributed by atoms with Crippen LogP contribution in [0.3, 0.4) is 0 Å². The summed E-state index contributed by atoms with van der Waals surface area (Å²) >= 11 is 1.77. The quantitative estimate of drug-likeness (QED) is 0.884. The molecule has 1 saturated carbocycles. The molecule has 2 heterocycles. The van der Waals surface area contributed by atoms with E-state index < -0.39 is 0 Å². The van der Waals surface area contributed by atoms with Gasteiger partial charge in [0.15, 0.2) is 10.8 Å². The van der Waals surface area contributed by atoms with E-state index in [0.29, 0.717) is 11.3 Å². The van der Waals surface area contributed by atoms with E-state index in [-0.39, 0.29) is 0 Å². The Hall–Kier alpha value is -1.07. The van der Waals surface area contributed by atoms with Crippen LogP contribution in [-0.2, 0) is 0 Å². The monoisotopic (exact) mass is 248 g/mol. The average Bonchev–Trinajstić information content (AvgIpc) is 2.76. The maximum Gasteiger partial charge on any atom is 0.195 e. The summed E-state index contributed by atoms with van der Waals surface area (Å²) in [7, 11) is 0. The molecule has 4 nitrogen and oxygen atoms in total. The molecule has 0 spiro atoms. The fourth-order valence-corrected chi connectivity index (χ4v) is 3.53. The molecule has 0 saturated heterocycles. The van der Waals surface area contributed by atoms with E-state index in [1.165, 1.54) is 19.3 Å². The van der Waals surface area contributed by atoms with Crippen molar-refractivity contribution in [2.45, 2.75) is 42.1 Å². The van der Waals surface area contributed by atoms with Crippen molar-refractivity contribution in [1.29, 1.82) is 0 Å². The van der Waals surface area contributed by atoms with E-state index in [9.17, 15) is 0 Å². The second kappa shape index (κ2) is 4.66. The molecule has 0 aliphatic heterocycles. The summed E-state index contributed by atoms with van der Waals surface area (Å²) < 4.78 is 2.03. The molecule has 2 aromatic rings. The summed E-state index contributed by atoms with van der Waals surface area (Å²) in [6, 6.07) is 6.24. The summed E-state index contributed by atoms with van der Waals surface area (Å²) in [5.41, 5.74) is 7.06. The topological polar surface area (TPSA) is 56.2 Å². The standard InChI is InChI=1S/C12H16N4S/c13-9-5-1-2-6-10(9)17-12-15-14-11-7-3-4-8-16(11)12/h3-4,7-10H,1-2,5-6,13H2. The maximum absolute atomic E-state index is 6.16. The number of thioether (sulfide) groups is 1. The SMILES string of the molecule is NC1CCCCC1Sc1nnc2ccccn12. The molecule has 1 fully saturated rings. The van der Waals surface area contributed by atoms with Crippen LogP contribution in [0.4, 0.5) is 0 Å². The van der Waals surface area contributed by atoms with E-state index in [2.05, 4.69) is 10.2 Å². The van der Waals surface area contributed by atoms with Gasteiger partial charge in [0, 0.05) is 17.5 Å². The third-order valence-corrected chi connectivity index (χ3v) is 4.67. The summed E-state index contributed by atoms with van der Waals surface area (Å²) in [6.45, 7) is 0. The fraction of sp³-hybridized carbons (Fsp3) is 0.500. The minimum Gasteiger partial charge on any atom is -0.327 e. The molecule has 1 aliphatic rings. The lowest BCUT2D eigenvalue weighted by Gasteiger charge is -2.27. The second-order valence-electron chi connectivity index (χ2n) is 4.52. The van der Waals surface area contributed by atoms with Gasteiger partial charge in [-0.2, -0.15) is 0 Å². The van der Waals surface area contributed by atoms with E-state index in [1.54, 1.807) is 11.8 Å². The minimum absolute atomic E-state index is 0.296. The molecule has 3 rings (SSSR count). The van der Waals surface area contributed by atoms with Gasteiger partial charge >= 0.3 is 0 Å². The maximum atomic E-state index is 6.16. The number of aromatic nitrogens is 3. The molecule has 2 aromatic heterocycles. The van der Waals surface area contributed by atoms with E-state index in [1.807, 2.05) is 28.8 Å². The van der Waals surface area contributed by atoms with Gasteiger partial charge in [0.1, 0.15) is 0 Å². The first-order chi connectivity index (χ1) is 8.34. The first kappa shape index (κ1) is 11.0. The van der Waals surface area contributed by atoms with Crippen LogP contribution in [0, 0.1) is 0 Å². The number of hydrogen-bond acceptors (Lipinski definition) is 4. The van der Waals surface area contributed by atoms with Gasteiger partial charge < -0.3 is 5.73 Å². The summed E-state index contributed by atoms with van der Waals surface area (Å²) in [6.07, 6.45) is 6.87. The molecule has 2 N–H and O–H groups in total. The van der Waals surface area contributed by atoms with Crippen molar-refractivity contribution in [3.05, 3.63) is 24.4 Å². The van der Waals surface area contributed by atoms with Gasteiger partial charge in [-0.3, -0.25) is 4.40 Å². The molecular formula is C12H16N4S. The number of fused-ring (bicyclic) bond motifs is 1. The molecule has 0 radical (unpaired) electrons. The van der Waals surface area contributed by atoms with Crippen molar-refractivity contribution in [1.82, 2.24) is 14.6 Å². The molecule has 5 heteroatoms. The molecule has 2 unspecified atom stereocenters. The van der Waals surface area contributed by atoms with Crippen molar-refractivity contribution in [2.24, 2.45) is 5.73 Å². The normalized spacial score (nSPS) is 25.2. The Bertz CT molecular complexity index is 510. The van der Waals surface area contributed by atoms with Crippen LogP contribution < -0.4 is 5.73 Å².